The van der Waals surface area contributed by atoms with E-state index in [1.54, 1.807) is 0 Å². The Morgan fingerprint density at radius 3 is 2.95 bits per heavy atom. The number of rotatable bonds is 3. The number of hydrogen-bond donors (Lipinski definition) is 1. The van der Waals surface area contributed by atoms with Gasteiger partial charge in [-0.2, -0.15) is 0 Å². The number of hydrogen-bond acceptors (Lipinski definition) is 3. The molecule has 1 saturated heterocycles. The highest BCUT2D eigenvalue weighted by atomic mass is 16.5. The van der Waals surface area contributed by atoms with Crippen molar-refractivity contribution in [1.29, 1.82) is 0 Å². The maximum atomic E-state index is 10.7. The minimum Gasteiger partial charge on any atom is -0.485 e. The Bertz CT molecular complexity index is 569. The molecule has 1 fully saturated rings. The average molecular weight is 289 g/mol. The summed E-state index contributed by atoms with van der Waals surface area (Å²) in [5.74, 6) is 0.337. The fourth-order valence-corrected chi connectivity index (χ4v) is 3.66. The Balaban J connectivity index is 1.73. The first-order valence-corrected chi connectivity index (χ1v) is 7.71. The van der Waals surface area contributed by atoms with Crippen molar-refractivity contribution in [3.8, 4) is 5.75 Å². The summed E-state index contributed by atoms with van der Waals surface area (Å²) in [5.41, 5.74) is 3.72. The Morgan fingerprint density at radius 2 is 2.19 bits per heavy atom. The number of carboxylic acid groups (broad SMARTS) is 1. The Hall–Kier alpha value is -1.55. The maximum absolute atomic E-state index is 10.7. The van der Waals surface area contributed by atoms with E-state index in [9.17, 15) is 4.79 Å². The first-order valence-electron chi connectivity index (χ1n) is 7.71. The van der Waals surface area contributed by atoms with Crippen molar-refractivity contribution in [2.24, 2.45) is 0 Å². The van der Waals surface area contributed by atoms with Gasteiger partial charge in [0.1, 0.15) is 11.4 Å². The molecule has 2 aliphatic heterocycles. The number of benzene rings is 1. The largest absolute Gasteiger partial charge is 0.485 e. The van der Waals surface area contributed by atoms with Gasteiger partial charge in [0.25, 0.3) is 0 Å². The number of carbonyl (C=O) groups is 1. The summed E-state index contributed by atoms with van der Waals surface area (Å²) in [6, 6.07) is 4.40. The van der Waals surface area contributed by atoms with Crippen LogP contribution in [0.2, 0.25) is 0 Å². The molecule has 4 nitrogen and oxygen atoms in total. The van der Waals surface area contributed by atoms with Gasteiger partial charge < -0.3 is 9.84 Å². The number of aryl methyl sites for hydroxylation is 3. The van der Waals surface area contributed by atoms with E-state index in [2.05, 4.69) is 30.9 Å². The van der Waals surface area contributed by atoms with Crippen molar-refractivity contribution in [3.05, 3.63) is 28.8 Å². The summed E-state index contributed by atoms with van der Waals surface area (Å²) in [5, 5.41) is 8.81. The SMILES string of the molecule is Cc1cc(C)c2c(c1)CCC1(CCN(CCC(=O)O)C1)O2. The first-order chi connectivity index (χ1) is 9.97. The normalized spacial score (nSPS) is 24.9. The zero-order valence-corrected chi connectivity index (χ0v) is 12.8. The summed E-state index contributed by atoms with van der Waals surface area (Å²) >= 11 is 0. The summed E-state index contributed by atoms with van der Waals surface area (Å²) in [6.07, 6.45) is 3.31. The third kappa shape index (κ3) is 2.91. The minimum absolute atomic E-state index is 0.106. The van der Waals surface area contributed by atoms with Crippen LogP contribution in [-0.2, 0) is 11.2 Å². The molecular weight excluding hydrogens is 266 g/mol. The molecule has 3 rings (SSSR count). The van der Waals surface area contributed by atoms with E-state index < -0.39 is 5.97 Å². The lowest BCUT2D eigenvalue weighted by molar-refractivity contribution is -0.137. The van der Waals surface area contributed by atoms with Crippen LogP contribution in [-0.4, -0.2) is 41.2 Å². The van der Waals surface area contributed by atoms with Crippen LogP contribution in [0.25, 0.3) is 0 Å². The van der Waals surface area contributed by atoms with Crippen molar-refractivity contribution < 1.29 is 14.6 Å². The molecular formula is C17H23NO3. The van der Waals surface area contributed by atoms with E-state index in [1.165, 1.54) is 16.7 Å². The molecule has 0 amide bonds. The van der Waals surface area contributed by atoms with E-state index >= 15 is 0 Å². The molecule has 0 bridgehead atoms. The Kier molecular flexibility index (Phi) is 3.66. The lowest BCUT2D eigenvalue weighted by Crippen LogP contribution is -2.42. The quantitative estimate of drug-likeness (QED) is 0.929. The van der Waals surface area contributed by atoms with Gasteiger partial charge in [-0.25, -0.2) is 0 Å². The second-order valence-electron chi connectivity index (χ2n) is 6.53. The van der Waals surface area contributed by atoms with Crippen molar-refractivity contribution in [1.82, 2.24) is 4.90 Å². The van der Waals surface area contributed by atoms with Crippen LogP contribution in [0, 0.1) is 13.8 Å². The third-order valence-corrected chi connectivity index (χ3v) is 4.70. The first kappa shape index (κ1) is 14.4. The lowest BCUT2D eigenvalue weighted by Gasteiger charge is -2.36. The van der Waals surface area contributed by atoms with Crippen LogP contribution in [0.15, 0.2) is 12.1 Å². The minimum atomic E-state index is -0.725. The smallest absolute Gasteiger partial charge is 0.304 e. The molecule has 0 saturated carbocycles. The Morgan fingerprint density at radius 1 is 1.38 bits per heavy atom. The van der Waals surface area contributed by atoms with E-state index in [1.807, 2.05) is 0 Å². The number of aliphatic carboxylic acids is 1. The molecule has 1 aromatic rings. The van der Waals surface area contributed by atoms with Gasteiger partial charge in [-0.15, -0.1) is 0 Å². The molecule has 2 heterocycles. The van der Waals surface area contributed by atoms with Crippen molar-refractivity contribution in [2.75, 3.05) is 19.6 Å². The van der Waals surface area contributed by atoms with Gasteiger partial charge in [-0.3, -0.25) is 9.69 Å². The molecule has 2 aliphatic rings. The standard InChI is InChI=1S/C17H23NO3/c1-12-9-13(2)16-14(10-12)3-5-17(21-16)6-8-18(11-17)7-4-15(19)20/h9-10H,3-8,11H2,1-2H3,(H,19,20). The molecule has 21 heavy (non-hydrogen) atoms. The highest BCUT2D eigenvalue weighted by molar-refractivity contribution is 5.66. The predicted octanol–water partition coefficient (Wildman–Crippen LogP) is 2.55. The van der Waals surface area contributed by atoms with Crippen LogP contribution in [0.4, 0.5) is 0 Å². The summed E-state index contributed by atoms with van der Waals surface area (Å²) < 4.78 is 6.41. The summed E-state index contributed by atoms with van der Waals surface area (Å²) in [6.45, 7) is 6.66. The van der Waals surface area contributed by atoms with Crippen LogP contribution in [0.3, 0.4) is 0 Å². The molecule has 4 heteroatoms. The highest BCUT2D eigenvalue weighted by Gasteiger charge is 2.42. The van der Waals surface area contributed by atoms with E-state index in [0.717, 1.165) is 38.1 Å². The maximum Gasteiger partial charge on any atom is 0.304 e. The van der Waals surface area contributed by atoms with Crippen molar-refractivity contribution >= 4 is 5.97 Å². The number of nitrogens with zero attached hydrogens (tertiary/aromatic N) is 1. The molecule has 0 aromatic heterocycles. The topological polar surface area (TPSA) is 49.8 Å². The van der Waals surface area contributed by atoms with Gasteiger partial charge in [0.2, 0.25) is 0 Å². The molecule has 1 unspecified atom stereocenters. The van der Waals surface area contributed by atoms with Crippen LogP contribution >= 0.6 is 0 Å². The molecule has 1 aromatic carbocycles. The van der Waals surface area contributed by atoms with Crippen LogP contribution < -0.4 is 4.74 Å². The van der Waals surface area contributed by atoms with Crippen molar-refractivity contribution in [2.45, 2.75) is 45.1 Å². The third-order valence-electron chi connectivity index (χ3n) is 4.70. The summed E-state index contributed by atoms with van der Waals surface area (Å²) in [4.78, 5) is 12.9. The Labute approximate surface area is 125 Å². The van der Waals surface area contributed by atoms with E-state index in [-0.39, 0.29) is 12.0 Å². The van der Waals surface area contributed by atoms with Gasteiger partial charge in [0.15, 0.2) is 0 Å². The van der Waals surface area contributed by atoms with E-state index in [0.29, 0.717) is 6.54 Å². The molecule has 1 spiro atoms. The van der Waals surface area contributed by atoms with Gasteiger partial charge in [0, 0.05) is 26.1 Å². The van der Waals surface area contributed by atoms with Gasteiger partial charge in [-0.1, -0.05) is 17.7 Å². The number of likely N-dealkylation sites (tertiary alicyclic amines) is 1. The number of fused-ring (bicyclic) bond motifs is 1. The van der Waals surface area contributed by atoms with Crippen LogP contribution in [0.1, 0.15) is 36.0 Å². The highest BCUT2D eigenvalue weighted by Crippen LogP contribution is 2.40. The van der Waals surface area contributed by atoms with Crippen LogP contribution in [0.5, 0.6) is 5.75 Å². The van der Waals surface area contributed by atoms with Gasteiger partial charge in [0.05, 0.1) is 6.42 Å². The molecule has 1 N–H and O–H groups in total. The molecule has 114 valence electrons. The van der Waals surface area contributed by atoms with E-state index in [4.69, 9.17) is 9.84 Å². The summed E-state index contributed by atoms with van der Waals surface area (Å²) in [7, 11) is 0. The average Bonchev–Trinajstić information content (AvgIpc) is 2.81. The van der Waals surface area contributed by atoms with Gasteiger partial charge in [-0.05, 0) is 37.8 Å². The molecule has 0 aliphatic carbocycles. The zero-order valence-electron chi connectivity index (χ0n) is 12.8. The lowest BCUT2D eigenvalue weighted by atomic mass is 9.88. The molecule has 0 radical (unpaired) electrons. The predicted molar refractivity (Wildman–Crippen MR) is 80.9 cm³/mol. The second-order valence-corrected chi connectivity index (χ2v) is 6.53. The fourth-order valence-electron chi connectivity index (χ4n) is 3.66. The fraction of sp³-hybridized carbons (Fsp3) is 0.588. The second kappa shape index (κ2) is 5.34. The molecule has 1 atom stereocenters. The number of ether oxygens (including phenoxy) is 1. The number of carboxylic acids is 1. The monoisotopic (exact) mass is 289 g/mol. The zero-order chi connectivity index (χ0) is 15.0. The van der Waals surface area contributed by atoms with Crippen molar-refractivity contribution in [3.63, 3.8) is 0 Å². The van der Waals surface area contributed by atoms with Gasteiger partial charge >= 0.3 is 5.97 Å².